The molecule has 3 aromatic rings. The first-order valence-electron chi connectivity index (χ1n) is 8.95. The molecule has 2 N–H and O–H groups in total. The van der Waals surface area contributed by atoms with Gasteiger partial charge >= 0.3 is 0 Å². The minimum atomic E-state index is -0.854. The lowest BCUT2D eigenvalue weighted by Gasteiger charge is -2.17. The van der Waals surface area contributed by atoms with Gasteiger partial charge in [0.15, 0.2) is 11.6 Å². The molecule has 1 heterocycles. The molecule has 0 aliphatic rings. The minimum Gasteiger partial charge on any atom is -0.361 e. The molecule has 0 aliphatic heterocycles. The van der Waals surface area contributed by atoms with Gasteiger partial charge in [0.05, 0.1) is 0 Å². The standard InChI is InChI=1S/C21H25F2N3/c1-4-14(9-10-26(2)3)18-13-24-21-8-6-15(11-17(18)21)25-16-5-7-19(22)20(23)12-16/h5-8,11-14,24-25H,4,9-10H2,1-3H3. The summed E-state index contributed by atoms with van der Waals surface area (Å²) < 4.78 is 26.5. The highest BCUT2D eigenvalue weighted by atomic mass is 19.2. The first-order chi connectivity index (χ1) is 12.5. The molecule has 1 unspecified atom stereocenters. The maximum absolute atomic E-state index is 13.4. The molecule has 3 rings (SSSR count). The quantitative estimate of drug-likeness (QED) is 0.574. The number of aromatic nitrogens is 1. The Morgan fingerprint density at radius 2 is 1.77 bits per heavy atom. The van der Waals surface area contributed by atoms with Crippen LogP contribution in [0.2, 0.25) is 0 Å². The minimum absolute atomic E-state index is 0.477. The van der Waals surface area contributed by atoms with Gasteiger partial charge in [-0.3, -0.25) is 0 Å². The summed E-state index contributed by atoms with van der Waals surface area (Å²) in [7, 11) is 4.18. The topological polar surface area (TPSA) is 31.1 Å². The van der Waals surface area contributed by atoms with Crippen molar-refractivity contribution in [3.63, 3.8) is 0 Å². The third kappa shape index (κ3) is 4.05. The zero-order valence-corrected chi connectivity index (χ0v) is 15.4. The maximum Gasteiger partial charge on any atom is 0.160 e. The molecule has 0 saturated carbocycles. The lowest BCUT2D eigenvalue weighted by Crippen LogP contribution is -2.15. The monoisotopic (exact) mass is 357 g/mol. The van der Waals surface area contributed by atoms with Crippen LogP contribution in [0.1, 0.15) is 31.2 Å². The Morgan fingerprint density at radius 3 is 2.46 bits per heavy atom. The molecular weight excluding hydrogens is 332 g/mol. The van der Waals surface area contributed by atoms with Crippen LogP contribution in [0.3, 0.4) is 0 Å². The summed E-state index contributed by atoms with van der Waals surface area (Å²) in [5.41, 5.74) is 3.77. The number of H-pyrrole nitrogens is 1. The summed E-state index contributed by atoms with van der Waals surface area (Å²) in [4.78, 5) is 5.55. The normalized spacial score (nSPS) is 12.7. The van der Waals surface area contributed by atoms with Crippen molar-refractivity contribution < 1.29 is 8.78 Å². The van der Waals surface area contributed by atoms with Crippen LogP contribution in [0.25, 0.3) is 10.9 Å². The van der Waals surface area contributed by atoms with Gasteiger partial charge < -0.3 is 15.2 Å². The van der Waals surface area contributed by atoms with Gasteiger partial charge in [-0.25, -0.2) is 8.78 Å². The summed E-state index contributed by atoms with van der Waals surface area (Å²) >= 11 is 0. The Labute approximate surface area is 153 Å². The molecule has 138 valence electrons. The van der Waals surface area contributed by atoms with Crippen LogP contribution < -0.4 is 5.32 Å². The molecule has 0 fully saturated rings. The van der Waals surface area contributed by atoms with Crippen molar-refractivity contribution in [2.45, 2.75) is 25.7 Å². The predicted octanol–water partition coefficient (Wildman–Crippen LogP) is 5.64. The average molecular weight is 357 g/mol. The van der Waals surface area contributed by atoms with E-state index in [2.05, 4.69) is 48.5 Å². The summed E-state index contributed by atoms with van der Waals surface area (Å²) in [6, 6.07) is 9.85. The number of nitrogens with one attached hydrogen (secondary N) is 2. The number of rotatable bonds is 7. The number of fused-ring (bicyclic) bond motifs is 1. The van der Waals surface area contributed by atoms with Crippen LogP contribution in [0.15, 0.2) is 42.6 Å². The van der Waals surface area contributed by atoms with E-state index < -0.39 is 11.6 Å². The summed E-state index contributed by atoms with van der Waals surface area (Å²) in [5, 5.41) is 4.33. The molecule has 0 saturated heterocycles. The van der Waals surface area contributed by atoms with Gasteiger partial charge in [0.1, 0.15) is 0 Å². The SMILES string of the molecule is CCC(CCN(C)C)c1c[nH]c2ccc(Nc3ccc(F)c(F)c3)cc12. The molecule has 1 aromatic heterocycles. The van der Waals surface area contributed by atoms with Gasteiger partial charge in [-0.2, -0.15) is 0 Å². The second kappa shape index (κ2) is 7.87. The Kier molecular flexibility index (Phi) is 5.57. The van der Waals surface area contributed by atoms with Crippen molar-refractivity contribution in [3.8, 4) is 0 Å². The van der Waals surface area contributed by atoms with E-state index in [0.717, 1.165) is 36.7 Å². The fourth-order valence-corrected chi connectivity index (χ4v) is 3.29. The van der Waals surface area contributed by atoms with Gasteiger partial charge in [-0.1, -0.05) is 6.92 Å². The third-order valence-corrected chi connectivity index (χ3v) is 4.78. The predicted molar refractivity (Wildman–Crippen MR) is 104 cm³/mol. The number of anilines is 2. The Hall–Kier alpha value is -2.40. The van der Waals surface area contributed by atoms with Crippen molar-refractivity contribution in [1.29, 1.82) is 0 Å². The van der Waals surface area contributed by atoms with Gasteiger partial charge in [-0.15, -0.1) is 0 Å². The van der Waals surface area contributed by atoms with Crippen molar-refractivity contribution in [2.24, 2.45) is 0 Å². The highest BCUT2D eigenvalue weighted by molar-refractivity contribution is 5.87. The Balaban J connectivity index is 1.88. The molecule has 3 nitrogen and oxygen atoms in total. The van der Waals surface area contributed by atoms with Gasteiger partial charge in [0.25, 0.3) is 0 Å². The number of hydrogen-bond acceptors (Lipinski definition) is 2. The zero-order chi connectivity index (χ0) is 18.7. The molecule has 0 aliphatic carbocycles. The summed E-state index contributed by atoms with van der Waals surface area (Å²) in [6.07, 6.45) is 4.26. The van der Waals surface area contributed by atoms with Crippen LogP contribution in [0.4, 0.5) is 20.2 Å². The fraction of sp³-hybridized carbons (Fsp3) is 0.333. The number of halogens is 2. The van der Waals surface area contributed by atoms with E-state index in [4.69, 9.17) is 0 Å². The number of aromatic amines is 1. The maximum atomic E-state index is 13.4. The molecule has 0 radical (unpaired) electrons. The highest BCUT2D eigenvalue weighted by Gasteiger charge is 2.15. The lowest BCUT2D eigenvalue weighted by atomic mass is 9.92. The molecular formula is C21H25F2N3. The average Bonchev–Trinajstić information content (AvgIpc) is 3.02. The fourth-order valence-electron chi connectivity index (χ4n) is 3.29. The molecule has 0 spiro atoms. The van der Waals surface area contributed by atoms with E-state index in [1.807, 2.05) is 12.1 Å². The molecule has 2 aromatic carbocycles. The largest absolute Gasteiger partial charge is 0.361 e. The molecule has 5 heteroatoms. The number of hydrogen-bond donors (Lipinski definition) is 2. The second-order valence-corrected chi connectivity index (χ2v) is 6.96. The second-order valence-electron chi connectivity index (χ2n) is 6.96. The van der Waals surface area contributed by atoms with E-state index in [0.29, 0.717) is 11.6 Å². The van der Waals surface area contributed by atoms with Crippen LogP contribution >= 0.6 is 0 Å². The van der Waals surface area contributed by atoms with Crippen molar-refractivity contribution in [1.82, 2.24) is 9.88 Å². The van der Waals surface area contributed by atoms with Crippen molar-refractivity contribution in [2.75, 3.05) is 26.0 Å². The Bertz CT molecular complexity index is 886. The number of benzene rings is 2. The van der Waals surface area contributed by atoms with E-state index in [-0.39, 0.29) is 0 Å². The van der Waals surface area contributed by atoms with Crippen LogP contribution in [-0.2, 0) is 0 Å². The van der Waals surface area contributed by atoms with Gasteiger partial charge in [-0.05, 0) is 75.3 Å². The summed E-state index contributed by atoms with van der Waals surface area (Å²) in [5.74, 6) is -1.22. The Morgan fingerprint density at radius 1 is 1.04 bits per heavy atom. The third-order valence-electron chi connectivity index (χ3n) is 4.78. The molecule has 0 amide bonds. The van der Waals surface area contributed by atoms with Crippen molar-refractivity contribution in [3.05, 3.63) is 59.8 Å². The van der Waals surface area contributed by atoms with E-state index in [9.17, 15) is 8.78 Å². The van der Waals surface area contributed by atoms with Gasteiger partial charge in [0, 0.05) is 34.5 Å². The van der Waals surface area contributed by atoms with Crippen LogP contribution in [-0.4, -0.2) is 30.5 Å². The van der Waals surface area contributed by atoms with Gasteiger partial charge in [0.2, 0.25) is 0 Å². The van der Waals surface area contributed by atoms with E-state index in [1.165, 1.54) is 23.1 Å². The van der Waals surface area contributed by atoms with Crippen LogP contribution in [0, 0.1) is 11.6 Å². The first kappa shape index (κ1) is 18.4. The molecule has 1 atom stereocenters. The van der Waals surface area contributed by atoms with Crippen molar-refractivity contribution >= 4 is 22.3 Å². The molecule has 26 heavy (non-hydrogen) atoms. The van der Waals surface area contributed by atoms with Crippen LogP contribution in [0.5, 0.6) is 0 Å². The number of nitrogens with zero attached hydrogens (tertiary/aromatic N) is 1. The van der Waals surface area contributed by atoms with E-state index in [1.54, 1.807) is 0 Å². The highest BCUT2D eigenvalue weighted by Crippen LogP contribution is 2.32. The smallest absolute Gasteiger partial charge is 0.160 e. The summed E-state index contributed by atoms with van der Waals surface area (Å²) in [6.45, 7) is 3.25. The van der Waals surface area contributed by atoms with E-state index >= 15 is 0 Å². The lowest BCUT2D eigenvalue weighted by molar-refractivity contribution is 0.378. The molecule has 0 bridgehead atoms. The zero-order valence-electron chi connectivity index (χ0n) is 15.4. The first-order valence-corrected chi connectivity index (χ1v) is 8.95.